The molecule has 1 atom stereocenters. The average Bonchev–Trinajstić information content (AvgIpc) is 2.00. The summed E-state index contributed by atoms with van der Waals surface area (Å²) in [5.74, 6) is 0. The summed E-state index contributed by atoms with van der Waals surface area (Å²) < 4.78 is 5.10. The van der Waals surface area contributed by atoms with E-state index in [1.54, 1.807) is 7.11 Å². The van der Waals surface area contributed by atoms with Crippen LogP contribution in [0.5, 0.6) is 0 Å². The normalized spacial score (nSPS) is 31.2. The minimum Gasteiger partial charge on any atom is -0.383 e. The second kappa shape index (κ2) is 4.80. The minimum atomic E-state index is 0.433. The lowest BCUT2D eigenvalue weighted by molar-refractivity contribution is 0.144. The quantitative estimate of drug-likeness (QED) is 0.634. The van der Waals surface area contributed by atoms with E-state index < -0.39 is 0 Å². The number of methoxy groups -OCH3 is 1. The van der Waals surface area contributed by atoms with Crippen molar-refractivity contribution in [3.8, 4) is 0 Å². The summed E-state index contributed by atoms with van der Waals surface area (Å²) >= 11 is 0. The molecule has 3 heteroatoms. The van der Waals surface area contributed by atoms with Crippen LogP contribution in [0.2, 0.25) is 0 Å². The van der Waals surface area contributed by atoms with Gasteiger partial charge in [-0.25, -0.2) is 0 Å². The van der Waals surface area contributed by atoms with Crippen molar-refractivity contribution in [2.75, 3.05) is 13.7 Å². The lowest BCUT2D eigenvalue weighted by Crippen LogP contribution is -2.52. The second-order valence-electron chi connectivity index (χ2n) is 3.66. The standard InChI is InChI=1S/C9H20N2O/c1-3-8(6-12-2)11-9-4-7(10)5-9/h7-9,11H,3-6,10H2,1-2H3. The van der Waals surface area contributed by atoms with Gasteiger partial charge in [0, 0.05) is 25.2 Å². The first kappa shape index (κ1) is 9.96. The molecule has 0 spiro atoms. The van der Waals surface area contributed by atoms with Crippen LogP contribution in [0.1, 0.15) is 26.2 Å². The van der Waals surface area contributed by atoms with E-state index in [0.29, 0.717) is 18.1 Å². The molecule has 0 bridgehead atoms. The summed E-state index contributed by atoms with van der Waals surface area (Å²) in [6.07, 6.45) is 3.38. The van der Waals surface area contributed by atoms with Crippen LogP contribution in [0.15, 0.2) is 0 Å². The van der Waals surface area contributed by atoms with Gasteiger partial charge in [-0.3, -0.25) is 0 Å². The zero-order chi connectivity index (χ0) is 8.97. The van der Waals surface area contributed by atoms with Crippen molar-refractivity contribution in [2.45, 2.75) is 44.3 Å². The van der Waals surface area contributed by atoms with Crippen LogP contribution < -0.4 is 11.1 Å². The number of ether oxygens (including phenoxy) is 1. The van der Waals surface area contributed by atoms with E-state index in [4.69, 9.17) is 10.5 Å². The molecule has 0 aromatic heterocycles. The van der Waals surface area contributed by atoms with Gasteiger partial charge in [-0.1, -0.05) is 6.92 Å². The van der Waals surface area contributed by atoms with Crippen molar-refractivity contribution < 1.29 is 4.74 Å². The van der Waals surface area contributed by atoms with E-state index in [-0.39, 0.29) is 0 Å². The number of hydrogen-bond acceptors (Lipinski definition) is 3. The van der Waals surface area contributed by atoms with Crippen LogP contribution in [-0.4, -0.2) is 31.8 Å². The highest BCUT2D eigenvalue weighted by atomic mass is 16.5. The second-order valence-corrected chi connectivity index (χ2v) is 3.66. The van der Waals surface area contributed by atoms with Gasteiger partial charge < -0.3 is 15.8 Å². The maximum Gasteiger partial charge on any atom is 0.0615 e. The summed E-state index contributed by atoms with van der Waals surface area (Å²) in [6.45, 7) is 2.98. The molecule has 3 nitrogen and oxygen atoms in total. The average molecular weight is 172 g/mol. The van der Waals surface area contributed by atoms with Crippen molar-refractivity contribution in [2.24, 2.45) is 5.73 Å². The SMILES string of the molecule is CCC(COC)NC1CC(N)C1. The molecule has 0 aliphatic heterocycles. The highest BCUT2D eigenvalue weighted by Gasteiger charge is 2.26. The van der Waals surface area contributed by atoms with Gasteiger partial charge >= 0.3 is 0 Å². The fraction of sp³-hybridized carbons (Fsp3) is 1.00. The van der Waals surface area contributed by atoms with E-state index >= 15 is 0 Å². The summed E-state index contributed by atoms with van der Waals surface area (Å²) in [6, 6.07) is 1.58. The Kier molecular flexibility index (Phi) is 3.98. The molecule has 1 aliphatic carbocycles. The molecule has 1 rings (SSSR count). The third kappa shape index (κ3) is 2.73. The van der Waals surface area contributed by atoms with Crippen molar-refractivity contribution >= 4 is 0 Å². The fourth-order valence-corrected chi connectivity index (χ4v) is 1.62. The van der Waals surface area contributed by atoms with Crippen molar-refractivity contribution in [3.05, 3.63) is 0 Å². The Morgan fingerprint density at radius 1 is 1.58 bits per heavy atom. The predicted octanol–water partition coefficient (Wildman–Crippen LogP) is 0.491. The first-order chi connectivity index (χ1) is 5.76. The van der Waals surface area contributed by atoms with Gasteiger partial charge in [0.15, 0.2) is 0 Å². The Balaban J connectivity index is 2.10. The fourth-order valence-electron chi connectivity index (χ4n) is 1.62. The van der Waals surface area contributed by atoms with Crippen molar-refractivity contribution in [3.63, 3.8) is 0 Å². The van der Waals surface area contributed by atoms with Gasteiger partial charge in [-0.05, 0) is 19.3 Å². The van der Waals surface area contributed by atoms with Crippen LogP contribution >= 0.6 is 0 Å². The molecule has 72 valence electrons. The van der Waals surface area contributed by atoms with Gasteiger partial charge in [0.25, 0.3) is 0 Å². The largest absolute Gasteiger partial charge is 0.383 e. The predicted molar refractivity (Wildman–Crippen MR) is 50.1 cm³/mol. The van der Waals surface area contributed by atoms with Crippen molar-refractivity contribution in [1.29, 1.82) is 0 Å². The van der Waals surface area contributed by atoms with Gasteiger partial charge in [0.2, 0.25) is 0 Å². The van der Waals surface area contributed by atoms with Crippen LogP contribution in [0.4, 0.5) is 0 Å². The number of hydrogen-bond donors (Lipinski definition) is 2. The molecule has 1 fully saturated rings. The van der Waals surface area contributed by atoms with Crippen LogP contribution in [0, 0.1) is 0 Å². The Morgan fingerprint density at radius 3 is 2.67 bits per heavy atom. The van der Waals surface area contributed by atoms with Gasteiger partial charge in [0.1, 0.15) is 0 Å². The third-order valence-corrected chi connectivity index (χ3v) is 2.51. The van der Waals surface area contributed by atoms with Crippen LogP contribution in [0.25, 0.3) is 0 Å². The summed E-state index contributed by atoms with van der Waals surface area (Å²) in [7, 11) is 1.75. The molecule has 3 N–H and O–H groups in total. The van der Waals surface area contributed by atoms with E-state index in [2.05, 4.69) is 12.2 Å². The first-order valence-corrected chi connectivity index (χ1v) is 4.76. The summed E-state index contributed by atoms with van der Waals surface area (Å²) in [5, 5.41) is 3.53. The van der Waals surface area contributed by atoms with E-state index in [9.17, 15) is 0 Å². The molecule has 0 saturated heterocycles. The van der Waals surface area contributed by atoms with E-state index in [1.807, 2.05) is 0 Å². The van der Waals surface area contributed by atoms with Gasteiger partial charge in [0.05, 0.1) is 6.61 Å². The molecule has 0 heterocycles. The summed E-state index contributed by atoms with van der Waals surface area (Å²) in [5.41, 5.74) is 5.69. The Labute approximate surface area is 74.7 Å². The molecule has 1 saturated carbocycles. The number of nitrogens with two attached hydrogens (primary N) is 1. The van der Waals surface area contributed by atoms with Crippen LogP contribution in [-0.2, 0) is 4.74 Å². The summed E-state index contributed by atoms with van der Waals surface area (Å²) in [4.78, 5) is 0. The highest BCUT2D eigenvalue weighted by Crippen LogP contribution is 2.18. The maximum absolute atomic E-state index is 5.69. The van der Waals surface area contributed by atoms with Crippen molar-refractivity contribution in [1.82, 2.24) is 5.32 Å². The molecule has 0 aromatic rings. The zero-order valence-electron chi connectivity index (χ0n) is 8.05. The van der Waals surface area contributed by atoms with E-state index in [0.717, 1.165) is 25.9 Å². The lowest BCUT2D eigenvalue weighted by atomic mass is 9.87. The topological polar surface area (TPSA) is 47.3 Å². The number of rotatable bonds is 5. The number of nitrogens with one attached hydrogen (secondary N) is 1. The molecule has 1 unspecified atom stereocenters. The minimum absolute atomic E-state index is 0.433. The Morgan fingerprint density at radius 2 is 2.25 bits per heavy atom. The molecular formula is C9H20N2O. The molecule has 0 radical (unpaired) electrons. The van der Waals surface area contributed by atoms with E-state index in [1.165, 1.54) is 0 Å². The zero-order valence-corrected chi connectivity index (χ0v) is 8.05. The van der Waals surface area contributed by atoms with Gasteiger partial charge in [-0.2, -0.15) is 0 Å². The van der Waals surface area contributed by atoms with Crippen LogP contribution in [0.3, 0.4) is 0 Å². The third-order valence-electron chi connectivity index (χ3n) is 2.51. The first-order valence-electron chi connectivity index (χ1n) is 4.76. The molecule has 1 aliphatic rings. The Bertz CT molecular complexity index is 124. The smallest absolute Gasteiger partial charge is 0.0615 e. The molecule has 12 heavy (non-hydrogen) atoms. The maximum atomic E-state index is 5.69. The Hall–Kier alpha value is -0.120. The molecule has 0 amide bonds. The molecule has 0 aromatic carbocycles. The monoisotopic (exact) mass is 172 g/mol. The lowest BCUT2D eigenvalue weighted by Gasteiger charge is -2.36. The van der Waals surface area contributed by atoms with Gasteiger partial charge in [-0.15, -0.1) is 0 Å². The highest BCUT2D eigenvalue weighted by molar-refractivity contribution is 4.89. The molecular weight excluding hydrogens is 152 g/mol.